The largest absolute Gasteiger partial charge is 0.292 e. The first kappa shape index (κ1) is 10.4. The fourth-order valence-electron chi connectivity index (χ4n) is 2.39. The fraction of sp³-hybridized carbons (Fsp3) is 0.500. The van der Waals surface area contributed by atoms with Gasteiger partial charge in [0.25, 0.3) is 0 Å². The normalized spacial score (nSPS) is 24.7. The van der Waals surface area contributed by atoms with E-state index in [2.05, 4.69) is 29.3 Å². The van der Waals surface area contributed by atoms with Gasteiger partial charge in [0.15, 0.2) is 0 Å². The van der Waals surface area contributed by atoms with Crippen molar-refractivity contribution < 1.29 is 0 Å². The first-order valence-corrected chi connectivity index (χ1v) is 5.88. The van der Waals surface area contributed by atoms with E-state index in [9.17, 15) is 0 Å². The highest BCUT2D eigenvalue weighted by Crippen LogP contribution is 2.27. The van der Waals surface area contributed by atoms with E-state index in [0.29, 0.717) is 0 Å². The van der Waals surface area contributed by atoms with Gasteiger partial charge in [0.1, 0.15) is 0 Å². The van der Waals surface area contributed by atoms with E-state index >= 15 is 0 Å². The molecule has 0 aromatic carbocycles. The molecule has 0 amide bonds. The van der Waals surface area contributed by atoms with E-state index < -0.39 is 0 Å². The summed E-state index contributed by atoms with van der Waals surface area (Å²) in [7, 11) is 1.92. The molecule has 0 N–H and O–H groups in total. The molecule has 1 heteroatoms. The summed E-state index contributed by atoms with van der Waals surface area (Å²) in [6.45, 7) is 0. The van der Waals surface area contributed by atoms with Gasteiger partial charge in [-0.3, -0.25) is 4.99 Å². The van der Waals surface area contributed by atoms with Crippen molar-refractivity contribution >= 4 is 5.71 Å². The average Bonchev–Trinajstić information content (AvgIpc) is 2.57. The predicted molar refractivity (Wildman–Crippen MR) is 66.4 cm³/mol. The Kier molecular flexibility index (Phi) is 3.54. The zero-order chi connectivity index (χ0) is 10.5. The van der Waals surface area contributed by atoms with Crippen LogP contribution < -0.4 is 0 Å². The zero-order valence-electron chi connectivity index (χ0n) is 9.50. The van der Waals surface area contributed by atoms with Gasteiger partial charge in [-0.15, -0.1) is 0 Å². The van der Waals surface area contributed by atoms with E-state index in [1.54, 1.807) is 5.57 Å². The number of allylic oxidation sites excluding steroid dienone is 6. The summed E-state index contributed by atoms with van der Waals surface area (Å²) >= 11 is 0. The van der Waals surface area contributed by atoms with Crippen LogP contribution in [0.25, 0.3) is 0 Å². The molecule has 15 heavy (non-hydrogen) atoms. The Morgan fingerprint density at radius 2 is 1.60 bits per heavy atom. The van der Waals surface area contributed by atoms with E-state index in [-0.39, 0.29) is 0 Å². The Morgan fingerprint density at radius 1 is 0.933 bits per heavy atom. The van der Waals surface area contributed by atoms with Crippen molar-refractivity contribution in [1.29, 1.82) is 0 Å². The summed E-state index contributed by atoms with van der Waals surface area (Å²) in [6.07, 6.45) is 16.2. The van der Waals surface area contributed by atoms with Gasteiger partial charge in [-0.1, -0.05) is 29.9 Å². The van der Waals surface area contributed by atoms with Crippen LogP contribution in [0.5, 0.6) is 0 Å². The predicted octanol–water partition coefficient (Wildman–Crippen LogP) is 3.83. The van der Waals surface area contributed by atoms with Crippen molar-refractivity contribution in [3.05, 3.63) is 35.5 Å². The summed E-state index contributed by atoms with van der Waals surface area (Å²) in [6, 6.07) is 0. The lowest BCUT2D eigenvalue weighted by molar-refractivity contribution is 0.875. The Hall–Kier alpha value is -1.11. The van der Waals surface area contributed by atoms with Gasteiger partial charge in [-0.05, 0) is 37.7 Å². The second kappa shape index (κ2) is 5.11. The molecule has 80 valence electrons. The van der Waals surface area contributed by atoms with Gasteiger partial charge in [0, 0.05) is 19.2 Å². The molecule has 0 spiro atoms. The topological polar surface area (TPSA) is 12.4 Å². The maximum atomic E-state index is 4.42. The Labute approximate surface area is 92.3 Å². The maximum Gasteiger partial charge on any atom is 0.0417 e. The van der Waals surface area contributed by atoms with Gasteiger partial charge in [0.05, 0.1) is 0 Å². The highest BCUT2D eigenvalue weighted by molar-refractivity contribution is 6.02. The molecule has 0 bridgehead atoms. The van der Waals surface area contributed by atoms with Crippen LogP contribution in [-0.2, 0) is 0 Å². The van der Waals surface area contributed by atoms with Crippen molar-refractivity contribution in [1.82, 2.24) is 0 Å². The molecule has 0 radical (unpaired) electrons. The minimum Gasteiger partial charge on any atom is -0.292 e. The molecule has 0 heterocycles. The van der Waals surface area contributed by atoms with E-state index in [4.69, 9.17) is 0 Å². The summed E-state index contributed by atoms with van der Waals surface area (Å²) in [4.78, 5) is 4.42. The Balaban J connectivity index is 2.25. The van der Waals surface area contributed by atoms with Crippen molar-refractivity contribution in [3.8, 4) is 0 Å². The van der Waals surface area contributed by atoms with E-state index in [0.717, 1.165) is 12.8 Å². The lowest BCUT2D eigenvalue weighted by atomic mass is 9.90. The van der Waals surface area contributed by atoms with E-state index in [1.807, 2.05) is 7.05 Å². The van der Waals surface area contributed by atoms with Crippen LogP contribution in [0.15, 0.2) is 40.4 Å². The highest BCUT2D eigenvalue weighted by Gasteiger charge is 2.14. The summed E-state index contributed by atoms with van der Waals surface area (Å²) in [5.74, 6) is 0. The number of hydrogen-bond donors (Lipinski definition) is 0. The summed E-state index contributed by atoms with van der Waals surface area (Å²) in [5.41, 5.74) is 4.49. The molecular formula is C14H19N. The molecule has 0 aromatic heterocycles. The molecule has 2 rings (SSSR count). The molecule has 1 nitrogen and oxygen atoms in total. The highest BCUT2D eigenvalue weighted by atomic mass is 14.7. The summed E-state index contributed by atoms with van der Waals surface area (Å²) < 4.78 is 0. The van der Waals surface area contributed by atoms with Gasteiger partial charge < -0.3 is 0 Å². The molecule has 2 aliphatic rings. The Morgan fingerprint density at radius 3 is 2.27 bits per heavy atom. The lowest BCUT2D eigenvalue weighted by Crippen LogP contribution is -2.08. The van der Waals surface area contributed by atoms with Crippen LogP contribution in [0.1, 0.15) is 38.5 Å². The third-order valence-corrected chi connectivity index (χ3v) is 3.24. The van der Waals surface area contributed by atoms with Gasteiger partial charge in [0.2, 0.25) is 0 Å². The molecule has 0 saturated heterocycles. The minimum absolute atomic E-state index is 1.03. The van der Waals surface area contributed by atoms with Crippen molar-refractivity contribution in [2.75, 3.05) is 7.05 Å². The summed E-state index contributed by atoms with van der Waals surface area (Å²) in [5, 5.41) is 0. The average molecular weight is 201 g/mol. The maximum absolute atomic E-state index is 4.42. The van der Waals surface area contributed by atoms with Crippen molar-refractivity contribution in [2.45, 2.75) is 38.5 Å². The number of rotatable bonds is 0. The van der Waals surface area contributed by atoms with Gasteiger partial charge in [-0.25, -0.2) is 0 Å². The second-order valence-electron chi connectivity index (χ2n) is 4.18. The third-order valence-electron chi connectivity index (χ3n) is 3.24. The van der Waals surface area contributed by atoms with Crippen LogP contribution in [0, 0.1) is 0 Å². The van der Waals surface area contributed by atoms with Gasteiger partial charge >= 0.3 is 0 Å². The van der Waals surface area contributed by atoms with Crippen molar-refractivity contribution in [3.63, 3.8) is 0 Å². The number of nitrogens with zero attached hydrogens (tertiary/aromatic N) is 1. The first-order valence-electron chi connectivity index (χ1n) is 5.88. The quantitative estimate of drug-likeness (QED) is 0.528. The van der Waals surface area contributed by atoms with E-state index in [1.165, 1.54) is 37.0 Å². The zero-order valence-corrected chi connectivity index (χ0v) is 9.50. The van der Waals surface area contributed by atoms with Crippen LogP contribution >= 0.6 is 0 Å². The smallest absolute Gasteiger partial charge is 0.0417 e. The number of hydrogen-bond acceptors (Lipinski definition) is 1. The standard InChI is InChI=1S/C14H19N/c1-15-14-11-7-6-10-13(14)12-8-4-2-3-5-9-12/h2-3,6-7H,4-5,8-11H2,1H3. The van der Waals surface area contributed by atoms with Gasteiger partial charge in [-0.2, -0.15) is 0 Å². The minimum atomic E-state index is 1.03. The lowest BCUT2D eigenvalue weighted by Gasteiger charge is -2.17. The molecule has 0 aromatic rings. The molecule has 0 unspecified atom stereocenters. The first-order chi connectivity index (χ1) is 7.42. The number of aliphatic imine (C=N–C) groups is 1. The second-order valence-corrected chi connectivity index (χ2v) is 4.18. The van der Waals surface area contributed by atoms with Crippen LogP contribution in [0.2, 0.25) is 0 Å². The fourth-order valence-corrected chi connectivity index (χ4v) is 2.39. The monoisotopic (exact) mass is 201 g/mol. The van der Waals surface area contributed by atoms with Crippen LogP contribution in [0.4, 0.5) is 0 Å². The molecule has 0 saturated carbocycles. The Bertz CT molecular complexity index is 330. The van der Waals surface area contributed by atoms with Crippen LogP contribution in [-0.4, -0.2) is 12.8 Å². The molecular weight excluding hydrogens is 182 g/mol. The van der Waals surface area contributed by atoms with Crippen LogP contribution in [0.3, 0.4) is 0 Å². The molecule has 0 atom stereocenters. The SMILES string of the molecule is CN=C1CC=CCC1=C1CCC=CCC1. The molecule has 0 aliphatic heterocycles. The molecule has 0 fully saturated rings. The molecule has 2 aliphatic carbocycles. The third kappa shape index (κ3) is 2.47. The van der Waals surface area contributed by atoms with Crippen molar-refractivity contribution in [2.24, 2.45) is 4.99 Å².